The number of carbonyl (C=O) groups excluding carboxylic acids is 2. The van der Waals surface area contributed by atoms with E-state index in [1.54, 1.807) is 82.6 Å². The van der Waals surface area contributed by atoms with Crippen LogP contribution in [0.5, 0.6) is 0 Å². The molecule has 2 heterocycles. The molecule has 0 bridgehead atoms. The average molecular weight is 1030 g/mol. The van der Waals surface area contributed by atoms with Crippen LogP contribution in [0.1, 0.15) is 97.2 Å². The summed E-state index contributed by atoms with van der Waals surface area (Å²) < 4.78 is 40.0. The van der Waals surface area contributed by atoms with E-state index in [1.165, 1.54) is 24.3 Å². The molecule has 0 spiro atoms. The molecule has 0 unspecified atom stereocenters. The third-order valence-corrected chi connectivity index (χ3v) is 13.8. The van der Waals surface area contributed by atoms with Crippen LogP contribution in [0.2, 0.25) is 20.1 Å². The smallest absolute Gasteiger partial charge is 0.253 e. The van der Waals surface area contributed by atoms with Crippen molar-refractivity contribution in [2.45, 2.75) is 101 Å². The van der Waals surface area contributed by atoms with E-state index < -0.39 is 36.5 Å². The minimum Gasteiger partial charge on any atom is -0.394 e. The molecular weight excluding hydrogens is 976 g/mol. The lowest BCUT2D eigenvalue weighted by Gasteiger charge is -2.48. The van der Waals surface area contributed by atoms with E-state index in [9.17, 15) is 28.6 Å². The zero-order valence-electron chi connectivity index (χ0n) is 38.8. The van der Waals surface area contributed by atoms with Gasteiger partial charge >= 0.3 is 0 Å². The molecule has 8 nitrogen and oxygen atoms in total. The molecule has 2 aliphatic heterocycles. The van der Waals surface area contributed by atoms with Crippen LogP contribution in [-0.2, 0) is 31.9 Å². The molecule has 0 aliphatic carbocycles. The number of nitrogens with zero attached hydrogens (tertiary/aromatic N) is 2. The van der Waals surface area contributed by atoms with Gasteiger partial charge < -0.3 is 29.5 Å². The maximum absolute atomic E-state index is 13.9. The van der Waals surface area contributed by atoms with Gasteiger partial charge in [-0.2, -0.15) is 0 Å². The van der Waals surface area contributed by atoms with Crippen molar-refractivity contribution in [3.05, 3.63) is 211 Å². The number of hydrogen-bond acceptors (Lipinski definition) is 6. The predicted octanol–water partition coefficient (Wildman–Crippen LogP) is 13.1. The number of amides is 2. The molecule has 6 aromatic rings. The van der Waals surface area contributed by atoms with Gasteiger partial charge in [-0.25, -0.2) is 8.78 Å². The molecule has 0 saturated carbocycles. The molecule has 2 amide bonds. The predicted molar refractivity (Wildman–Crippen MR) is 272 cm³/mol. The topological polar surface area (TPSA) is 99.5 Å². The van der Waals surface area contributed by atoms with Gasteiger partial charge in [0.2, 0.25) is 0 Å². The summed E-state index contributed by atoms with van der Waals surface area (Å²) in [4.78, 5) is 31.4. The van der Waals surface area contributed by atoms with Gasteiger partial charge in [-0.3, -0.25) is 9.59 Å². The lowest BCUT2D eigenvalue weighted by Crippen LogP contribution is -2.56. The van der Waals surface area contributed by atoms with Crippen LogP contribution in [0.4, 0.5) is 8.78 Å². The first kappa shape index (κ1) is 52.9. The third kappa shape index (κ3) is 13.0. The second-order valence-corrected chi connectivity index (χ2v) is 19.3. The van der Waals surface area contributed by atoms with Crippen LogP contribution in [0, 0.1) is 11.6 Å². The number of carbonyl (C=O) groups is 2. The number of ether oxygens (including phenoxy) is 2. The lowest BCUT2D eigenvalue weighted by molar-refractivity contribution is -0.181. The van der Waals surface area contributed by atoms with E-state index in [0.29, 0.717) is 32.9 Å². The van der Waals surface area contributed by atoms with Crippen LogP contribution in [0.3, 0.4) is 0 Å². The number of rotatable bonds is 16. The summed E-state index contributed by atoms with van der Waals surface area (Å²) >= 11 is 24.6. The summed E-state index contributed by atoms with van der Waals surface area (Å²) in [5.41, 5.74) is 5.03. The van der Waals surface area contributed by atoms with E-state index >= 15 is 0 Å². The molecule has 2 fully saturated rings. The highest BCUT2D eigenvalue weighted by molar-refractivity contribution is 6.31. The van der Waals surface area contributed by atoms with E-state index in [2.05, 4.69) is 0 Å². The Labute approximate surface area is 428 Å². The van der Waals surface area contributed by atoms with Crippen LogP contribution in [0.15, 0.2) is 146 Å². The molecule has 2 aliphatic rings. The fourth-order valence-corrected chi connectivity index (χ4v) is 9.90. The molecule has 0 radical (unpaired) electrons. The summed E-state index contributed by atoms with van der Waals surface area (Å²) in [6.07, 6.45) is 0.853. The largest absolute Gasteiger partial charge is 0.394 e. The highest BCUT2D eigenvalue weighted by Crippen LogP contribution is 2.46. The fraction of sp³-hybridized carbons (Fsp3) is 0.321. The molecular formula is C56H56Cl4F2N2O6. The first-order valence-electron chi connectivity index (χ1n) is 23.5. The van der Waals surface area contributed by atoms with Crippen molar-refractivity contribution in [1.82, 2.24) is 9.80 Å². The monoisotopic (exact) mass is 1030 g/mol. The van der Waals surface area contributed by atoms with Crippen LogP contribution in [-0.4, -0.2) is 69.3 Å². The summed E-state index contributed by atoms with van der Waals surface area (Å²) in [7, 11) is 0. The maximum Gasteiger partial charge on any atom is 0.253 e. The van der Waals surface area contributed by atoms with Crippen LogP contribution in [0.25, 0.3) is 0 Å². The van der Waals surface area contributed by atoms with Crippen molar-refractivity contribution >= 4 is 58.2 Å². The molecule has 14 heteroatoms. The minimum atomic E-state index is -0.796. The molecule has 6 aromatic carbocycles. The molecule has 8 rings (SSSR count). The van der Waals surface area contributed by atoms with Crippen LogP contribution >= 0.6 is 46.4 Å². The van der Waals surface area contributed by atoms with Crippen molar-refractivity contribution in [3.63, 3.8) is 0 Å². The van der Waals surface area contributed by atoms with Gasteiger partial charge in [0.15, 0.2) is 0 Å². The van der Waals surface area contributed by atoms with Crippen molar-refractivity contribution < 1.29 is 38.1 Å². The molecule has 2 saturated heterocycles. The van der Waals surface area contributed by atoms with E-state index in [1.807, 2.05) is 62.4 Å². The second kappa shape index (κ2) is 25.0. The van der Waals surface area contributed by atoms with Gasteiger partial charge in [-0.05, 0) is 119 Å². The Morgan fingerprint density at radius 1 is 0.471 bits per heavy atom. The van der Waals surface area contributed by atoms with E-state index in [-0.39, 0.29) is 61.6 Å². The molecule has 368 valence electrons. The second-order valence-electron chi connectivity index (χ2n) is 17.6. The summed E-state index contributed by atoms with van der Waals surface area (Å²) in [6, 6.07) is 39.9. The Bertz CT molecular complexity index is 2430. The molecule has 0 aromatic heterocycles. The summed E-state index contributed by atoms with van der Waals surface area (Å²) in [6.45, 7) is 3.72. The van der Waals surface area contributed by atoms with Gasteiger partial charge in [-0.1, -0.05) is 146 Å². The first-order valence-corrected chi connectivity index (χ1v) is 25.0. The van der Waals surface area contributed by atoms with Crippen molar-refractivity contribution in [2.75, 3.05) is 13.2 Å². The average Bonchev–Trinajstić information content (AvgIpc) is 3.36. The number of aliphatic hydroxyl groups is 2. The Hall–Kier alpha value is -4.88. The Morgan fingerprint density at radius 2 is 0.757 bits per heavy atom. The number of benzene rings is 6. The first-order chi connectivity index (χ1) is 33.8. The van der Waals surface area contributed by atoms with E-state index in [0.717, 1.165) is 46.2 Å². The third-order valence-electron chi connectivity index (χ3n) is 12.8. The van der Waals surface area contributed by atoms with Gasteiger partial charge in [-0.15, -0.1) is 0 Å². The fourth-order valence-electron chi connectivity index (χ4n) is 9.39. The standard InChI is InChI=1S/2C28H28Cl2FNO3/c2*1-2-3-24(17-33)32-26(19-6-10-21(29)11-7-19)27(20-8-12-22(30)13-9-20)35-25(28(32)34)16-18-4-14-23(31)15-5-18/h2*4-15,24-27,33H,2-3,16-17H2,1H3/t2*24-,25+,26-,27+/m10/s1. The number of hydrogen-bond donors (Lipinski definition) is 2. The van der Waals surface area contributed by atoms with E-state index in [4.69, 9.17) is 55.9 Å². The minimum absolute atomic E-state index is 0.166. The SMILES string of the molecule is CCC[C@@H](CO)N1C(=O)[C@@H](Cc2ccc(F)cc2)O[C@H](c2ccc(Cl)cc2)[C@@H]1c1ccc(Cl)cc1.CCC[C@H](CO)N1C(=O)[C@H](Cc2ccc(F)cc2)O[C@@H](c2ccc(Cl)cc2)[C@H]1c1ccc(Cl)cc1. The summed E-state index contributed by atoms with van der Waals surface area (Å²) in [5.74, 6) is -1.08. The lowest BCUT2D eigenvalue weighted by atomic mass is 9.89. The zero-order chi connectivity index (χ0) is 49.9. The maximum atomic E-state index is 13.9. The summed E-state index contributed by atoms with van der Waals surface area (Å²) in [5, 5.41) is 23.0. The molecule has 2 N–H and O–H groups in total. The number of morpholine rings is 2. The Balaban J connectivity index is 0.000000206. The van der Waals surface area contributed by atoms with Gasteiger partial charge in [0, 0.05) is 32.9 Å². The number of aliphatic hydroxyl groups excluding tert-OH is 2. The Morgan fingerprint density at radius 3 is 1.03 bits per heavy atom. The Kier molecular flexibility index (Phi) is 18.9. The normalized spacial score (nSPS) is 21.2. The van der Waals surface area contributed by atoms with Crippen molar-refractivity contribution in [1.29, 1.82) is 0 Å². The highest BCUT2D eigenvalue weighted by Gasteiger charge is 2.48. The van der Waals surface area contributed by atoms with Crippen molar-refractivity contribution in [3.8, 4) is 0 Å². The molecule has 8 atom stereocenters. The van der Waals surface area contributed by atoms with Gasteiger partial charge in [0.25, 0.3) is 11.8 Å². The van der Waals surface area contributed by atoms with Gasteiger partial charge in [0.05, 0.1) is 37.4 Å². The van der Waals surface area contributed by atoms with Gasteiger partial charge in [0.1, 0.15) is 36.1 Å². The number of halogens is 6. The molecule has 70 heavy (non-hydrogen) atoms. The van der Waals surface area contributed by atoms with Crippen LogP contribution < -0.4 is 0 Å². The van der Waals surface area contributed by atoms with Crippen molar-refractivity contribution in [2.24, 2.45) is 0 Å². The zero-order valence-corrected chi connectivity index (χ0v) is 41.8. The quantitative estimate of drug-likeness (QED) is 0.100. The highest BCUT2D eigenvalue weighted by atomic mass is 35.5.